The predicted molar refractivity (Wildman–Crippen MR) is 45.2 cm³/mol. The number of carbonyl (C=O) groups is 1. The summed E-state index contributed by atoms with van der Waals surface area (Å²) in [4.78, 5) is 14.3. The maximum Gasteiger partial charge on any atom is 0.354 e. The first-order chi connectivity index (χ1) is 6.15. The minimum absolute atomic E-state index is 0.0681. The summed E-state index contributed by atoms with van der Waals surface area (Å²) in [5.41, 5.74) is 5.77. The number of nitrogens with zero attached hydrogens (tertiary/aromatic N) is 1. The van der Waals surface area contributed by atoms with Gasteiger partial charge in [-0.15, -0.1) is 0 Å². The van der Waals surface area contributed by atoms with Crippen molar-refractivity contribution in [2.75, 3.05) is 6.61 Å². The standard InChI is InChI=1S/C8H10N2O3/c9-5(4-11)6-2-1-3-7(10-6)8(12)13/h1-3,5,11H,4,9H2,(H,12,13)/t5-/m0/s1. The van der Waals surface area contributed by atoms with Crippen molar-refractivity contribution in [2.24, 2.45) is 5.73 Å². The van der Waals surface area contributed by atoms with E-state index < -0.39 is 12.0 Å². The lowest BCUT2D eigenvalue weighted by Gasteiger charge is -2.06. The van der Waals surface area contributed by atoms with Crippen LogP contribution in [0.1, 0.15) is 22.2 Å². The van der Waals surface area contributed by atoms with Gasteiger partial charge in [0.2, 0.25) is 0 Å². The first-order valence-corrected chi connectivity index (χ1v) is 3.72. The van der Waals surface area contributed by atoms with Gasteiger partial charge in [0, 0.05) is 0 Å². The van der Waals surface area contributed by atoms with Crippen LogP contribution in [0.25, 0.3) is 0 Å². The van der Waals surface area contributed by atoms with Gasteiger partial charge in [-0.3, -0.25) is 0 Å². The van der Waals surface area contributed by atoms with Crippen molar-refractivity contribution in [1.82, 2.24) is 4.98 Å². The van der Waals surface area contributed by atoms with Crippen LogP contribution in [0.5, 0.6) is 0 Å². The van der Waals surface area contributed by atoms with Crippen LogP contribution < -0.4 is 5.73 Å². The van der Waals surface area contributed by atoms with Crippen LogP contribution in [-0.4, -0.2) is 27.8 Å². The zero-order valence-electron chi connectivity index (χ0n) is 6.84. The predicted octanol–water partition coefficient (Wildman–Crippen LogP) is -0.228. The third-order valence-electron chi connectivity index (χ3n) is 1.57. The Balaban J connectivity index is 2.98. The molecule has 0 aliphatic heterocycles. The van der Waals surface area contributed by atoms with Crippen molar-refractivity contribution in [3.8, 4) is 0 Å². The van der Waals surface area contributed by atoms with Gasteiger partial charge in [0.05, 0.1) is 18.3 Å². The van der Waals surface area contributed by atoms with Crippen molar-refractivity contribution in [1.29, 1.82) is 0 Å². The summed E-state index contributed by atoms with van der Waals surface area (Å²) in [5, 5.41) is 17.3. The number of nitrogens with two attached hydrogens (primary N) is 1. The molecule has 0 amide bonds. The Kier molecular flexibility index (Phi) is 2.94. The molecule has 1 aromatic rings. The van der Waals surface area contributed by atoms with E-state index in [4.69, 9.17) is 15.9 Å². The number of carboxylic acid groups (broad SMARTS) is 1. The molecule has 0 radical (unpaired) electrons. The molecule has 13 heavy (non-hydrogen) atoms. The van der Waals surface area contributed by atoms with E-state index in [0.29, 0.717) is 5.69 Å². The van der Waals surface area contributed by atoms with Crippen molar-refractivity contribution < 1.29 is 15.0 Å². The highest BCUT2D eigenvalue weighted by molar-refractivity contribution is 5.85. The summed E-state index contributed by atoms with van der Waals surface area (Å²) in [6, 6.07) is 3.86. The maximum atomic E-state index is 10.5. The Hall–Kier alpha value is -1.46. The number of hydrogen-bond acceptors (Lipinski definition) is 4. The molecule has 0 spiro atoms. The fourth-order valence-electron chi connectivity index (χ4n) is 0.871. The Morgan fingerprint density at radius 1 is 1.62 bits per heavy atom. The van der Waals surface area contributed by atoms with Crippen molar-refractivity contribution in [2.45, 2.75) is 6.04 Å². The molecule has 70 valence electrons. The fourth-order valence-corrected chi connectivity index (χ4v) is 0.871. The van der Waals surface area contributed by atoms with Crippen molar-refractivity contribution in [3.63, 3.8) is 0 Å². The molecular weight excluding hydrogens is 172 g/mol. The molecule has 0 fully saturated rings. The zero-order chi connectivity index (χ0) is 9.84. The first-order valence-electron chi connectivity index (χ1n) is 3.72. The molecule has 0 aromatic carbocycles. The van der Waals surface area contributed by atoms with Crippen LogP contribution in [0.15, 0.2) is 18.2 Å². The zero-order valence-corrected chi connectivity index (χ0v) is 6.84. The summed E-state index contributed by atoms with van der Waals surface area (Å²) in [6.45, 7) is -0.254. The van der Waals surface area contributed by atoms with Gasteiger partial charge < -0.3 is 15.9 Å². The molecule has 4 N–H and O–H groups in total. The van der Waals surface area contributed by atoms with E-state index in [9.17, 15) is 4.79 Å². The number of carboxylic acids is 1. The van der Waals surface area contributed by atoms with Gasteiger partial charge in [0.1, 0.15) is 5.69 Å². The molecule has 1 heterocycles. The quantitative estimate of drug-likeness (QED) is 0.600. The third kappa shape index (κ3) is 2.24. The topological polar surface area (TPSA) is 96.4 Å². The molecule has 5 heteroatoms. The van der Waals surface area contributed by atoms with Crippen molar-refractivity contribution >= 4 is 5.97 Å². The van der Waals surface area contributed by atoms with E-state index in [2.05, 4.69) is 4.98 Å². The highest BCUT2D eigenvalue weighted by atomic mass is 16.4. The molecule has 1 atom stereocenters. The van der Waals surface area contributed by atoms with Crippen LogP contribution >= 0.6 is 0 Å². The van der Waals surface area contributed by atoms with Gasteiger partial charge in [-0.2, -0.15) is 0 Å². The second kappa shape index (κ2) is 3.97. The fraction of sp³-hybridized carbons (Fsp3) is 0.250. The summed E-state index contributed by atoms with van der Waals surface area (Å²) >= 11 is 0. The number of aromatic carboxylic acids is 1. The molecular formula is C8H10N2O3. The maximum absolute atomic E-state index is 10.5. The summed E-state index contributed by atoms with van der Waals surface area (Å²) in [6.07, 6.45) is 0. The van der Waals surface area contributed by atoms with E-state index in [1.54, 1.807) is 12.1 Å². The molecule has 0 aliphatic carbocycles. The van der Waals surface area contributed by atoms with Gasteiger partial charge in [-0.1, -0.05) is 6.07 Å². The molecule has 0 saturated heterocycles. The number of rotatable bonds is 3. The van der Waals surface area contributed by atoms with Gasteiger partial charge >= 0.3 is 5.97 Å². The number of aliphatic hydroxyl groups is 1. The van der Waals surface area contributed by atoms with Crippen LogP contribution in [0, 0.1) is 0 Å². The molecule has 0 unspecified atom stereocenters. The largest absolute Gasteiger partial charge is 0.477 e. The van der Waals surface area contributed by atoms with Crippen molar-refractivity contribution in [3.05, 3.63) is 29.6 Å². The van der Waals surface area contributed by atoms with Crippen LogP contribution in [-0.2, 0) is 0 Å². The van der Waals surface area contributed by atoms with E-state index in [1.165, 1.54) is 6.07 Å². The van der Waals surface area contributed by atoms with E-state index in [-0.39, 0.29) is 12.3 Å². The molecule has 1 aromatic heterocycles. The average molecular weight is 182 g/mol. The number of hydrogen-bond donors (Lipinski definition) is 3. The van der Waals surface area contributed by atoms with E-state index >= 15 is 0 Å². The second-order valence-corrected chi connectivity index (χ2v) is 2.54. The van der Waals surface area contributed by atoms with Gasteiger partial charge in [0.15, 0.2) is 0 Å². The first kappa shape index (κ1) is 9.63. The third-order valence-corrected chi connectivity index (χ3v) is 1.57. The molecule has 0 bridgehead atoms. The van der Waals surface area contributed by atoms with Crippen LogP contribution in [0.3, 0.4) is 0 Å². The summed E-state index contributed by atoms with van der Waals surface area (Å²) in [7, 11) is 0. The Bertz CT molecular complexity index is 314. The van der Waals surface area contributed by atoms with Gasteiger partial charge in [-0.05, 0) is 12.1 Å². The molecule has 0 saturated carbocycles. The SMILES string of the molecule is N[C@@H](CO)c1cccc(C(=O)O)n1. The normalized spacial score (nSPS) is 12.5. The minimum atomic E-state index is -1.10. The number of aliphatic hydroxyl groups excluding tert-OH is 1. The second-order valence-electron chi connectivity index (χ2n) is 2.54. The highest BCUT2D eigenvalue weighted by Gasteiger charge is 2.09. The highest BCUT2D eigenvalue weighted by Crippen LogP contribution is 2.06. The molecule has 1 rings (SSSR count). The van der Waals surface area contributed by atoms with Crippen LogP contribution in [0.2, 0.25) is 0 Å². The minimum Gasteiger partial charge on any atom is -0.477 e. The Labute approximate surface area is 74.8 Å². The van der Waals surface area contributed by atoms with Gasteiger partial charge in [0.25, 0.3) is 0 Å². The van der Waals surface area contributed by atoms with E-state index in [1.807, 2.05) is 0 Å². The lowest BCUT2D eigenvalue weighted by atomic mass is 10.2. The van der Waals surface area contributed by atoms with Gasteiger partial charge in [-0.25, -0.2) is 9.78 Å². The smallest absolute Gasteiger partial charge is 0.354 e. The Morgan fingerprint density at radius 3 is 2.85 bits per heavy atom. The summed E-state index contributed by atoms with van der Waals surface area (Å²) < 4.78 is 0. The Morgan fingerprint density at radius 2 is 2.31 bits per heavy atom. The number of pyridine rings is 1. The molecule has 0 aliphatic rings. The number of aromatic nitrogens is 1. The lowest BCUT2D eigenvalue weighted by Crippen LogP contribution is -2.17. The molecule has 5 nitrogen and oxygen atoms in total. The van der Waals surface area contributed by atoms with E-state index in [0.717, 1.165) is 0 Å². The summed E-state index contributed by atoms with van der Waals surface area (Å²) in [5.74, 6) is -1.10. The lowest BCUT2D eigenvalue weighted by molar-refractivity contribution is 0.0690. The average Bonchev–Trinajstić information content (AvgIpc) is 2.17. The monoisotopic (exact) mass is 182 g/mol. The van der Waals surface area contributed by atoms with Crippen LogP contribution in [0.4, 0.5) is 0 Å².